The lowest BCUT2D eigenvalue weighted by Gasteiger charge is -2.51. The third-order valence-electron chi connectivity index (χ3n) is 6.80. The largest absolute Gasteiger partial charge is 0.472 e. The van der Waals surface area contributed by atoms with E-state index in [4.69, 9.17) is 13.6 Å². The Labute approximate surface area is 189 Å². The van der Waals surface area contributed by atoms with Crippen molar-refractivity contribution < 1.29 is 32.7 Å². The number of aliphatic hydroxyl groups is 1. The number of quaternary nitrogens is 1. The van der Waals surface area contributed by atoms with Crippen LogP contribution in [-0.2, 0) is 19.9 Å². The molecule has 1 atom stereocenters. The van der Waals surface area contributed by atoms with E-state index in [1.165, 1.54) is 43.5 Å². The molecule has 3 fully saturated rings. The van der Waals surface area contributed by atoms with Gasteiger partial charge in [-0.05, 0) is 12.1 Å². The molecule has 2 bridgehead atoms. The van der Waals surface area contributed by atoms with E-state index >= 15 is 0 Å². The zero-order chi connectivity index (χ0) is 22.9. The minimum Gasteiger partial charge on any atom is -0.472 e. The average Bonchev–Trinajstić information content (AvgIpc) is 3.54. The number of nitrogens with one attached hydrogen (secondary N) is 1. The van der Waals surface area contributed by atoms with Gasteiger partial charge < -0.3 is 28.5 Å². The first-order valence-corrected chi connectivity index (χ1v) is 10.9. The van der Waals surface area contributed by atoms with Crippen LogP contribution in [0.4, 0.5) is 5.69 Å². The van der Waals surface area contributed by atoms with Crippen LogP contribution in [0.5, 0.6) is 0 Å². The number of hydrogen-bond acceptors (Lipinski definition) is 8. The molecule has 0 spiro atoms. The number of piperidine rings is 3. The number of fused-ring (bicyclic) bond motifs is 3. The van der Waals surface area contributed by atoms with E-state index < -0.39 is 17.7 Å². The highest BCUT2D eigenvalue weighted by molar-refractivity contribution is 5.91. The van der Waals surface area contributed by atoms with Crippen LogP contribution in [-0.4, -0.2) is 63.7 Å². The molecule has 0 unspecified atom stereocenters. The summed E-state index contributed by atoms with van der Waals surface area (Å²) in [7, 11) is 0. The molecule has 172 valence electrons. The van der Waals surface area contributed by atoms with Gasteiger partial charge in [-0.25, -0.2) is 14.8 Å². The number of hydrogen-bond donors (Lipinski definition) is 2. The Hall–Kier alpha value is -3.50. The van der Waals surface area contributed by atoms with Gasteiger partial charge >= 0.3 is 5.97 Å². The maximum Gasteiger partial charge on any atom is 0.348 e. The molecule has 0 radical (unpaired) electrons. The summed E-state index contributed by atoms with van der Waals surface area (Å²) < 4.78 is 16.7. The molecule has 6 rings (SSSR count). The van der Waals surface area contributed by atoms with Gasteiger partial charge in [0, 0.05) is 29.9 Å². The highest BCUT2D eigenvalue weighted by Gasteiger charge is 2.51. The van der Waals surface area contributed by atoms with Gasteiger partial charge in [0.1, 0.15) is 12.9 Å². The Kier molecular flexibility index (Phi) is 5.47. The first kappa shape index (κ1) is 21.4. The SMILES string of the molecule is O=C(C[N+]12CCC(CC1)[C@@H](OC(=O)C(O)(c1ccoc1)c1ccoc1)C2)Nc1cncnc1. The molecule has 0 aliphatic carbocycles. The molecule has 0 aromatic carbocycles. The van der Waals surface area contributed by atoms with E-state index in [2.05, 4.69) is 15.3 Å². The number of furan rings is 2. The van der Waals surface area contributed by atoms with Gasteiger partial charge in [-0.15, -0.1) is 0 Å². The number of carbonyl (C=O) groups excluding carboxylic acids is 2. The highest BCUT2D eigenvalue weighted by Crippen LogP contribution is 2.38. The van der Waals surface area contributed by atoms with Crippen LogP contribution in [0.25, 0.3) is 0 Å². The molecule has 0 saturated carbocycles. The van der Waals surface area contributed by atoms with Crippen LogP contribution in [0.15, 0.2) is 64.7 Å². The minimum absolute atomic E-state index is 0.136. The maximum absolute atomic E-state index is 13.3. The summed E-state index contributed by atoms with van der Waals surface area (Å²) in [6.07, 6.45) is 11.2. The lowest BCUT2D eigenvalue weighted by molar-refractivity contribution is -0.939. The molecule has 6 heterocycles. The zero-order valence-corrected chi connectivity index (χ0v) is 17.9. The van der Waals surface area contributed by atoms with Crippen molar-refractivity contribution >= 4 is 17.6 Å². The van der Waals surface area contributed by atoms with Crippen molar-refractivity contribution in [2.75, 3.05) is 31.5 Å². The topological polar surface area (TPSA) is 128 Å². The highest BCUT2D eigenvalue weighted by atomic mass is 16.6. The van der Waals surface area contributed by atoms with Crippen LogP contribution in [0.1, 0.15) is 24.0 Å². The van der Waals surface area contributed by atoms with Gasteiger partial charge in [0.05, 0.1) is 56.2 Å². The van der Waals surface area contributed by atoms with Gasteiger partial charge in [0.25, 0.3) is 5.91 Å². The fraction of sp³-hybridized carbons (Fsp3) is 0.391. The molecule has 2 N–H and O–H groups in total. The molecule has 10 nitrogen and oxygen atoms in total. The number of carbonyl (C=O) groups is 2. The number of aromatic nitrogens is 2. The third-order valence-corrected chi connectivity index (χ3v) is 6.80. The summed E-state index contributed by atoms with van der Waals surface area (Å²) in [5.74, 6) is -0.728. The lowest BCUT2D eigenvalue weighted by atomic mass is 9.82. The summed E-state index contributed by atoms with van der Waals surface area (Å²) >= 11 is 0. The quantitative estimate of drug-likeness (QED) is 0.409. The van der Waals surface area contributed by atoms with E-state index in [1.807, 2.05) is 0 Å². The molecule has 1 amide bonds. The molecule has 3 aromatic heterocycles. The second kappa shape index (κ2) is 8.45. The molecule has 3 aromatic rings. The molecule has 3 aliphatic heterocycles. The third kappa shape index (κ3) is 4.03. The van der Waals surface area contributed by atoms with E-state index in [1.54, 1.807) is 12.4 Å². The average molecular weight is 453 g/mol. The van der Waals surface area contributed by atoms with Gasteiger partial charge in [-0.2, -0.15) is 0 Å². The standard InChI is InChI=1S/C23H24N4O6/c28-21(26-19-9-24-15-25-10-19)12-27-5-1-16(2-6-27)20(11-27)33-22(29)23(30,17-3-7-31-13-17)18-4-8-32-14-18/h3-4,7-10,13-16,20,30H,1-2,5-6,11-12H2/p+1/t16?,20-,27?/m0/s1. The fourth-order valence-corrected chi connectivity index (χ4v) is 5.01. The van der Waals surface area contributed by atoms with Crippen molar-refractivity contribution in [1.29, 1.82) is 0 Å². The van der Waals surface area contributed by atoms with Crippen LogP contribution in [0.3, 0.4) is 0 Å². The zero-order valence-electron chi connectivity index (χ0n) is 17.9. The van der Waals surface area contributed by atoms with Gasteiger partial charge in [-0.1, -0.05) is 0 Å². The summed E-state index contributed by atoms with van der Waals surface area (Å²) in [4.78, 5) is 33.9. The first-order chi connectivity index (χ1) is 16.0. The summed E-state index contributed by atoms with van der Waals surface area (Å²) in [6.45, 7) is 2.46. The smallest absolute Gasteiger partial charge is 0.348 e. The molecular weight excluding hydrogens is 428 g/mol. The predicted molar refractivity (Wildman–Crippen MR) is 113 cm³/mol. The van der Waals surface area contributed by atoms with Gasteiger partial charge in [-0.3, -0.25) is 4.79 Å². The Morgan fingerprint density at radius 2 is 1.76 bits per heavy atom. The molecule has 3 aliphatic rings. The van der Waals surface area contributed by atoms with Crippen molar-refractivity contribution in [2.24, 2.45) is 5.92 Å². The van der Waals surface area contributed by atoms with Crippen molar-refractivity contribution in [3.63, 3.8) is 0 Å². The molecular formula is C23H25N4O6+. The minimum atomic E-state index is -2.04. The fourth-order valence-electron chi connectivity index (χ4n) is 5.01. The van der Waals surface area contributed by atoms with Gasteiger partial charge in [0.15, 0.2) is 12.6 Å². The van der Waals surface area contributed by atoms with E-state index in [0.29, 0.717) is 16.7 Å². The Bertz CT molecular complexity index is 1060. The number of rotatable bonds is 7. The van der Waals surface area contributed by atoms with Crippen molar-refractivity contribution in [2.45, 2.75) is 24.5 Å². The number of ether oxygens (including phenoxy) is 1. The van der Waals surface area contributed by atoms with E-state index in [9.17, 15) is 14.7 Å². The van der Waals surface area contributed by atoms with Crippen LogP contribution < -0.4 is 5.32 Å². The van der Waals surface area contributed by atoms with Crippen LogP contribution in [0.2, 0.25) is 0 Å². The van der Waals surface area contributed by atoms with Gasteiger partial charge in [0.2, 0.25) is 5.60 Å². The van der Waals surface area contributed by atoms with Crippen molar-refractivity contribution in [3.8, 4) is 0 Å². The van der Waals surface area contributed by atoms with Crippen molar-refractivity contribution in [3.05, 3.63) is 67.0 Å². The Balaban J connectivity index is 1.31. The predicted octanol–water partition coefficient (Wildman–Crippen LogP) is 1.69. The number of amides is 1. The second-order valence-electron chi connectivity index (χ2n) is 8.82. The van der Waals surface area contributed by atoms with E-state index in [0.717, 1.165) is 25.9 Å². The number of nitrogens with zero attached hydrogens (tertiary/aromatic N) is 3. The molecule has 10 heteroatoms. The second-order valence-corrected chi connectivity index (χ2v) is 8.82. The van der Waals surface area contributed by atoms with Crippen molar-refractivity contribution in [1.82, 2.24) is 9.97 Å². The summed E-state index contributed by atoms with van der Waals surface area (Å²) in [5.41, 5.74) is -0.963. The Morgan fingerprint density at radius 1 is 1.12 bits per heavy atom. The normalized spacial score (nSPS) is 24.4. The van der Waals surface area contributed by atoms with Crippen LogP contribution >= 0.6 is 0 Å². The molecule has 33 heavy (non-hydrogen) atoms. The maximum atomic E-state index is 13.3. The summed E-state index contributed by atoms with van der Waals surface area (Å²) in [5, 5.41) is 14.2. The molecule has 3 saturated heterocycles. The first-order valence-electron chi connectivity index (χ1n) is 10.9. The summed E-state index contributed by atoms with van der Waals surface area (Å²) in [6, 6.07) is 3.05. The monoisotopic (exact) mass is 453 g/mol. The lowest BCUT2D eigenvalue weighted by Crippen LogP contribution is -2.66. The number of anilines is 1. The van der Waals surface area contributed by atoms with E-state index in [-0.39, 0.29) is 29.5 Å². The van der Waals surface area contributed by atoms with Crippen LogP contribution in [0, 0.1) is 5.92 Å². The Morgan fingerprint density at radius 3 is 2.33 bits per heavy atom. The number of esters is 1.